The number of pyridine rings is 1. The first-order valence-electron chi connectivity index (χ1n) is 11.3. The summed E-state index contributed by atoms with van der Waals surface area (Å²) in [5, 5.41) is 14.6. The van der Waals surface area contributed by atoms with E-state index in [0.717, 1.165) is 16.7 Å². The molecule has 0 saturated carbocycles. The lowest BCUT2D eigenvalue weighted by Crippen LogP contribution is -2.53. The maximum absolute atomic E-state index is 14.1. The SMILES string of the molecule is CC(C)C(N[C@@H](c1ccc(-c2ccncc2)cc1)C(F)(F)F)C(=O)N[C@H](C#N)Cc1ccccc1. The predicted molar refractivity (Wildman–Crippen MR) is 128 cm³/mol. The molecule has 5 nitrogen and oxygen atoms in total. The second kappa shape index (κ2) is 11.6. The molecular formula is C27H27F3N4O. The normalized spacial score (nSPS) is 14.1. The third kappa shape index (κ3) is 7.14. The minimum absolute atomic E-state index is 0.00475. The molecule has 3 atom stereocenters. The van der Waals surface area contributed by atoms with Crippen molar-refractivity contribution < 1.29 is 18.0 Å². The van der Waals surface area contributed by atoms with Crippen LogP contribution in [-0.2, 0) is 11.2 Å². The molecule has 0 radical (unpaired) electrons. The third-order valence-electron chi connectivity index (χ3n) is 5.64. The quantitative estimate of drug-likeness (QED) is 0.440. The molecule has 1 heterocycles. The van der Waals surface area contributed by atoms with Crippen molar-refractivity contribution in [2.45, 2.75) is 44.6 Å². The van der Waals surface area contributed by atoms with E-state index in [0.29, 0.717) is 0 Å². The molecule has 0 aliphatic carbocycles. The van der Waals surface area contributed by atoms with Crippen molar-refractivity contribution in [3.63, 3.8) is 0 Å². The Balaban J connectivity index is 1.78. The summed E-state index contributed by atoms with van der Waals surface area (Å²) in [5.74, 6) is -1.10. The van der Waals surface area contributed by atoms with Crippen molar-refractivity contribution in [1.29, 1.82) is 5.26 Å². The Labute approximate surface area is 203 Å². The number of amides is 1. The summed E-state index contributed by atoms with van der Waals surface area (Å²) in [5.41, 5.74) is 2.43. The van der Waals surface area contributed by atoms with Gasteiger partial charge in [-0.05, 0) is 40.3 Å². The van der Waals surface area contributed by atoms with Gasteiger partial charge in [-0.3, -0.25) is 15.1 Å². The van der Waals surface area contributed by atoms with Gasteiger partial charge in [0.15, 0.2) is 0 Å². The van der Waals surface area contributed by atoms with Crippen LogP contribution >= 0.6 is 0 Å². The zero-order valence-corrected chi connectivity index (χ0v) is 19.5. The number of nitrogens with one attached hydrogen (secondary N) is 2. The average Bonchev–Trinajstić information content (AvgIpc) is 2.84. The van der Waals surface area contributed by atoms with Crippen molar-refractivity contribution in [2.75, 3.05) is 0 Å². The molecule has 0 aliphatic heterocycles. The van der Waals surface area contributed by atoms with Gasteiger partial charge in [0.25, 0.3) is 0 Å². The highest BCUT2D eigenvalue weighted by Gasteiger charge is 2.43. The van der Waals surface area contributed by atoms with Crippen LogP contribution in [-0.4, -0.2) is 29.2 Å². The fourth-order valence-corrected chi connectivity index (χ4v) is 3.78. The lowest BCUT2D eigenvalue weighted by molar-refractivity contribution is -0.161. The number of nitrogens with zero attached hydrogens (tertiary/aromatic N) is 2. The van der Waals surface area contributed by atoms with Crippen LogP contribution in [0.4, 0.5) is 13.2 Å². The van der Waals surface area contributed by atoms with Crippen LogP contribution in [0.5, 0.6) is 0 Å². The van der Waals surface area contributed by atoms with Gasteiger partial charge < -0.3 is 5.32 Å². The second-order valence-corrected chi connectivity index (χ2v) is 8.60. The molecule has 0 fully saturated rings. The number of nitriles is 1. The highest BCUT2D eigenvalue weighted by atomic mass is 19.4. The molecule has 35 heavy (non-hydrogen) atoms. The van der Waals surface area contributed by atoms with E-state index in [9.17, 15) is 23.2 Å². The van der Waals surface area contributed by atoms with E-state index in [1.165, 1.54) is 12.1 Å². The van der Waals surface area contributed by atoms with Gasteiger partial charge in [-0.25, -0.2) is 0 Å². The molecule has 3 aromatic rings. The number of benzene rings is 2. The monoisotopic (exact) mass is 480 g/mol. The second-order valence-electron chi connectivity index (χ2n) is 8.60. The van der Waals surface area contributed by atoms with Crippen molar-refractivity contribution in [3.05, 3.63) is 90.3 Å². The van der Waals surface area contributed by atoms with Crippen LogP contribution in [0.3, 0.4) is 0 Å². The van der Waals surface area contributed by atoms with Gasteiger partial charge in [-0.15, -0.1) is 0 Å². The highest BCUT2D eigenvalue weighted by molar-refractivity contribution is 5.82. The Bertz CT molecular complexity index is 1130. The number of carbonyl (C=O) groups is 1. The van der Waals surface area contributed by atoms with E-state index in [1.54, 1.807) is 50.5 Å². The first-order chi connectivity index (χ1) is 16.7. The van der Waals surface area contributed by atoms with Crippen LogP contribution in [0.1, 0.15) is 31.0 Å². The summed E-state index contributed by atoms with van der Waals surface area (Å²) >= 11 is 0. The largest absolute Gasteiger partial charge is 0.407 e. The molecule has 2 aromatic carbocycles. The number of hydrogen-bond donors (Lipinski definition) is 2. The Morgan fingerprint density at radius 1 is 0.971 bits per heavy atom. The fraction of sp³-hybridized carbons (Fsp3) is 0.296. The Hall–Kier alpha value is -3.70. The van der Waals surface area contributed by atoms with Gasteiger partial charge in [0.1, 0.15) is 12.1 Å². The van der Waals surface area contributed by atoms with Gasteiger partial charge in [0.2, 0.25) is 5.91 Å². The number of rotatable bonds is 9. The molecule has 182 valence electrons. The van der Waals surface area contributed by atoms with E-state index >= 15 is 0 Å². The van der Waals surface area contributed by atoms with Crippen LogP contribution < -0.4 is 10.6 Å². The summed E-state index contributed by atoms with van der Waals surface area (Å²) in [7, 11) is 0. The molecular weight excluding hydrogens is 453 g/mol. The van der Waals surface area contributed by atoms with Crippen molar-refractivity contribution in [1.82, 2.24) is 15.6 Å². The number of hydrogen-bond acceptors (Lipinski definition) is 4. The first-order valence-corrected chi connectivity index (χ1v) is 11.3. The summed E-state index contributed by atoms with van der Waals surface area (Å²) in [4.78, 5) is 16.9. The number of alkyl halides is 3. The Morgan fingerprint density at radius 3 is 2.11 bits per heavy atom. The van der Waals surface area contributed by atoms with E-state index in [4.69, 9.17) is 0 Å². The lowest BCUT2D eigenvalue weighted by atomic mass is 9.97. The summed E-state index contributed by atoms with van der Waals surface area (Å²) in [6.07, 6.45) is -1.15. The molecule has 0 aliphatic rings. The van der Waals surface area contributed by atoms with Gasteiger partial charge in [-0.2, -0.15) is 18.4 Å². The summed E-state index contributed by atoms with van der Waals surface area (Å²) in [6, 6.07) is 16.6. The summed E-state index contributed by atoms with van der Waals surface area (Å²) < 4.78 is 42.2. The standard InChI is InChI=1S/C27H27F3N4O/c1-18(2)24(26(35)33-23(17-31)16-19-6-4-3-5-7-19)34-25(27(28,29)30)22-10-8-20(9-11-22)21-12-14-32-15-13-21/h3-15,18,23-25,34H,16H2,1-2H3,(H,33,35)/t23-,24?,25-/m0/s1. The maximum atomic E-state index is 14.1. The molecule has 0 saturated heterocycles. The molecule has 1 amide bonds. The molecule has 1 unspecified atom stereocenters. The fourth-order valence-electron chi connectivity index (χ4n) is 3.78. The highest BCUT2D eigenvalue weighted by Crippen LogP contribution is 2.34. The van der Waals surface area contributed by atoms with E-state index in [2.05, 4.69) is 15.6 Å². The zero-order chi connectivity index (χ0) is 25.4. The smallest absolute Gasteiger partial charge is 0.339 e. The van der Waals surface area contributed by atoms with Crippen molar-refractivity contribution in [3.8, 4) is 17.2 Å². The first kappa shape index (κ1) is 25.9. The predicted octanol–water partition coefficient (Wildman–Crippen LogP) is 5.22. The molecule has 3 rings (SSSR count). The third-order valence-corrected chi connectivity index (χ3v) is 5.64. The van der Waals surface area contributed by atoms with Gasteiger partial charge in [0.05, 0.1) is 12.1 Å². The van der Waals surface area contributed by atoms with Crippen LogP contribution in [0.15, 0.2) is 79.1 Å². The lowest BCUT2D eigenvalue weighted by Gasteiger charge is -2.30. The minimum Gasteiger partial charge on any atom is -0.339 e. The number of carbonyl (C=O) groups excluding carboxylic acids is 1. The van der Waals surface area contributed by atoms with E-state index in [-0.39, 0.29) is 12.0 Å². The van der Waals surface area contributed by atoms with Crippen LogP contribution in [0.25, 0.3) is 11.1 Å². The zero-order valence-electron chi connectivity index (χ0n) is 19.5. The molecule has 1 aromatic heterocycles. The van der Waals surface area contributed by atoms with E-state index < -0.39 is 36.1 Å². The van der Waals surface area contributed by atoms with E-state index in [1.807, 2.05) is 36.4 Å². The van der Waals surface area contributed by atoms with Crippen LogP contribution in [0.2, 0.25) is 0 Å². The minimum atomic E-state index is -4.63. The Kier molecular flexibility index (Phi) is 8.61. The van der Waals surface area contributed by atoms with Crippen molar-refractivity contribution in [2.24, 2.45) is 5.92 Å². The maximum Gasteiger partial charge on any atom is 0.407 e. The molecule has 8 heteroatoms. The molecule has 2 N–H and O–H groups in total. The van der Waals surface area contributed by atoms with Gasteiger partial charge in [0, 0.05) is 18.8 Å². The summed E-state index contributed by atoms with van der Waals surface area (Å²) in [6.45, 7) is 3.32. The topological polar surface area (TPSA) is 77.8 Å². The van der Waals surface area contributed by atoms with Gasteiger partial charge >= 0.3 is 6.18 Å². The number of aromatic nitrogens is 1. The Morgan fingerprint density at radius 2 is 1.57 bits per heavy atom. The van der Waals surface area contributed by atoms with Gasteiger partial charge in [-0.1, -0.05) is 68.4 Å². The average molecular weight is 481 g/mol. The number of halogens is 3. The molecule has 0 bridgehead atoms. The van der Waals surface area contributed by atoms with Crippen molar-refractivity contribution >= 4 is 5.91 Å². The molecule has 0 spiro atoms. The van der Waals surface area contributed by atoms with Crippen LogP contribution in [0, 0.1) is 17.2 Å².